The quantitative estimate of drug-likeness (QED) is 0.661. The fourth-order valence-electron chi connectivity index (χ4n) is 2.47. The third kappa shape index (κ3) is 3.26. The molecule has 3 aromatic rings. The van der Waals surface area contributed by atoms with Crippen molar-refractivity contribution in [3.8, 4) is 6.07 Å². The van der Waals surface area contributed by atoms with Crippen LogP contribution in [0.5, 0.6) is 0 Å². The molecule has 3 rings (SSSR count). The molecule has 0 unspecified atom stereocenters. The van der Waals surface area contributed by atoms with E-state index in [-0.39, 0.29) is 17.0 Å². The second kappa shape index (κ2) is 6.42. The molecule has 0 bridgehead atoms. The molecule has 0 spiro atoms. The average molecular weight is 375 g/mol. The number of fused-ring (bicyclic) bond motifs is 1. The van der Waals surface area contributed by atoms with Crippen LogP contribution in [0, 0.1) is 25.2 Å². The molecule has 0 aliphatic heterocycles. The summed E-state index contributed by atoms with van der Waals surface area (Å²) in [5.74, 6) is 0.0890. The van der Waals surface area contributed by atoms with Gasteiger partial charge in [0.2, 0.25) is 0 Å². The minimum absolute atomic E-state index is 0.0625. The van der Waals surface area contributed by atoms with Crippen LogP contribution in [0.25, 0.3) is 21.9 Å². The highest BCUT2D eigenvalue weighted by Gasteiger charge is 2.29. The fourth-order valence-corrected chi connectivity index (χ4v) is 3.50. The fraction of sp³-hybridized carbons (Fsp3) is 0.167. The summed E-state index contributed by atoms with van der Waals surface area (Å²) < 4.78 is 37.9. The molecule has 132 valence electrons. The normalized spacial score (nSPS) is 12.4. The zero-order valence-electron chi connectivity index (χ0n) is 13.7. The second-order valence-corrected chi connectivity index (χ2v) is 6.87. The van der Waals surface area contributed by atoms with Gasteiger partial charge in [0.1, 0.15) is 10.9 Å². The number of H-pyrrole nitrogens is 1. The molecule has 0 aliphatic carbocycles. The number of nitriles is 1. The molecule has 1 N–H and O–H groups in total. The number of aromatic amines is 1. The van der Waals surface area contributed by atoms with Crippen LogP contribution in [0.15, 0.2) is 29.1 Å². The van der Waals surface area contributed by atoms with Gasteiger partial charge in [-0.05, 0) is 43.2 Å². The van der Waals surface area contributed by atoms with Gasteiger partial charge < -0.3 is 4.98 Å². The molecule has 0 radical (unpaired) electrons. The second-order valence-electron chi connectivity index (χ2n) is 5.67. The van der Waals surface area contributed by atoms with Crippen molar-refractivity contribution in [1.29, 1.82) is 5.26 Å². The van der Waals surface area contributed by atoms with Crippen molar-refractivity contribution in [3.05, 3.63) is 62.0 Å². The summed E-state index contributed by atoms with van der Waals surface area (Å²) in [6, 6.07) is 6.33. The van der Waals surface area contributed by atoms with Gasteiger partial charge in [0.15, 0.2) is 5.82 Å². The maximum atomic E-state index is 12.6. The highest BCUT2D eigenvalue weighted by Crippen LogP contribution is 2.30. The van der Waals surface area contributed by atoms with E-state index in [1.54, 1.807) is 0 Å². The minimum atomic E-state index is -4.42. The predicted molar refractivity (Wildman–Crippen MR) is 94.6 cm³/mol. The van der Waals surface area contributed by atoms with Gasteiger partial charge in [0.05, 0.1) is 16.5 Å². The Bertz CT molecular complexity index is 1120. The standard InChI is InChI=1S/C18H12F3N3OS/c1-9-10(2)26-17-14(9)16(25)23-15(24-17)12(8-22)7-11-3-5-13(6-4-11)18(19,20)21/h3-7H,1-2H3,(H,23,24,25). The molecule has 2 heterocycles. The van der Waals surface area contributed by atoms with Crippen molar-refractivity contribution in [2.75, 3.05) is 0 Å². The number of nitrogens with one attached hydrogen (secondary N) is 1. The van der Waals surface area contributed by atoms with Crippen molar-refractivity contribution < 1.29 is 13.2 Å². The Balaban J connectivity index is 2.06. The van der Waals surface area contributed by atoms with E-state index < -0.39 is 11.7 Å². The number of rotatable bonds is 2. The molecule has 0 saturated heterocycles. The average Bonchev–Trinajstić information content (AvgIpc) is 2.87. The lowest BCUT2D eigenvalue weighted by molar-refractivity contribution is -0.137. The number of alkyl halides is 3. The minimum Gasteiger partial charge on any atom is -0.305 e. The lowest BCUT2D eigenvalue weighted by Gasteiger charge is -2.06. The van der Waals surface area contributed by atoms with Crippen LogP contribution in [-0.4, -0.2) is 9.97 Å². The Labute approximate surface area is 150 Å². The maximum Gasteiger partial charge on any atom is 0.416 e. The number of benzene rings is 1. The number of nitrogens with zero attached hydrogens (tertiary/aromatic N) is 2. The summed E-state index contributed by atoms with van der Waals surface area (Å²) in [7, 11) is 0. The molecule has 4 nitrogen and oxygen atoms in total. The molecule has 26 heavy (non-hydrogen) atoms. The van der Waals surface area contributed by atoms with Gasteiger partial charge in [-0.3, -0.25) is 4.79 Å². The zero-order valence-corrected chi connectivity index (χ0v) is 14.5. The topological polar surface area (TPSA) is 69.5 Å². The monoisotopic (exact) mass is 375 g/mol. The van der Waals surface area contributed by atoms with Crippen LogP contribution >= 0.6 is 11.3 Å². The van der Waals surface area contributed by atoms with Crippen molar-refractivity contribution in [1.82, 2.24) is 9.97 Å². The van der Waals surface area contributed by atoms with Gasteiger partial charge >= 0.3 is 6.18 Å². The van der Waals surface area contributed by atoms with Gasteiger partial charge in [-0.15, -0.1) is 11.3 Å². The third-order valence-electron chi connectivity index (χ3n) is 3.96. The first-order chi connectivity index (χ1) is 12.2. The van der Waals surface area contributed by atoms with E-state index in [4.69, 9.17) is 0 Å². The summed E-state index contributed by atoms with van der Waals surface area (Å²) in [6.07, 6.45) is -3.04. The van der Waals surface area contributed by atoms with E-state index in [0.717, 1.165) is 22.6 Å². The number of aromatic nitrogens is 2. The largest absolute Gasteiger partial charge is 0.416 e. The highest BCUT2D eigenvalue weighted by atomic mass is 32.1. The van der Waals surface area contributed by atoms with E-state index in [2.05, 4.69) is 9.97 Å². The van der Waals surface area contributed by atoms with Gasteiger partial charge in [0, 0.05) is 4.88 Å². The highest BCUT2D eigenvalue weighted by molar-refractivity contribution is 7.18. The lowest BCUT2D eigenvalue weighted by Crippen LogP contribution is -2.10. The molecule has 8 heteroatoms. The van der Waals surface area contributed by atoms with Crippen molar-refractivity contribution >= 4 is 33.2 Å². The SMILES string of the molecule is Cc1sc2nc(C(C#N)=Cc3ccc(C(F)(F)F)cc3)[nH]c(=O)c2c1C. The lowest BCUT2D eigenvalue weighted by atomic mass is 10.1. The third-order valence-corrected chi connectivity index (χ3v) is 5.06. The van der Waals surface area contributed by atoms with Crippen molar-refractivity contribution in [2.24, 2.45) is 0 Å². The summed E-state index contributed by atoms with van der Waals surface area (Å²) in [5, 5.41) is 9.88. The van der Waals surface area contributed by atoms with E-state index in [1.165, 1.54) is 29.5 Å². The van der Waals surface area contributed by atoms with E-state index in [1.807, 2.05) is 19.9 Å². The number of hydrogen-bond donors (Lipinski definition) is 1. The molecule has 0 atom stereocenters. The molecular formula is C18H12F3N3OS. The number of aryl methyl sites for hydroxylation is 2. The molecule has 0 saturated carbocycles. The van der Waals surface area contributed by atoms with E-state index in [9.17, 15) is 23.2 Å². The van der Waals surface area contributed by atoms with Crippen molar-refractivity contribution in [2.45, 2.75) is 20.0 Å². The Morgan fingerprint density at radius 2 is 1.92 bits per heavy atom. The Kier molecular flexibility index (Phi) is 4.42. The first-order valence-corrected chi connectivity index (χ1v) is 8.32. The van der Waals surface area contributed by atoms with Crippen LogP contribution in [0.3, 0.4) is 0 Å². The molecule has 2 aromatic heterocycles. The van der Waals surface area contributed by atoms with Crippen LogP contribution in [0.1, 0.15) is 27.4 Å². The summed E-state index contributed by atoms with van der Waals surface area (Å²) in [4.78, 5) is 20.7. The first kappa shape index (κ1) is 17.9. The molecular weight excluding hydrogens is 363 g/mol. The smallest absolute Gasteiger partial charge is 0.305 e. The van der Waals surface area contributed by atoms with Gasteiger partial charge in [-0.25, -0.2) is 4.98 Å². The summed E-state index contributed by atoms with van der Waals surface area (Å²) >= 11 is 1.35. The Hall–Kier alpha value is -2.92. The zero-order chi connectivity index (χ0) is 19.1. The molecule has 0 aliphatic rings. The summed E-state index contributed by atoms with van der Waals surface area (Å²) in [6.45, 7) is 3.71. The van der Waals surface area contributed by atoms with Crippen molar-refractivity contribution in [3.63, 3.8) is 0 Å². The van der Waals surface area contributed by atoms with Crippen LogP contribution in [0.2, 0.25) is 0 Å². The van der Waals surface area contributed by atoms with E-state index in [0.29, 0.717) is 15.8 Å². The van der Waals surface area contributed by atoms with E-state index >= 15 is 0 Å². The summed E-state index contributed by atoms with van der Waals surface area (Å²) in [5.41, 5.74) is 0.185. The van der Waals surface area contributed by atoms with Gasteiger partial charge in [0.25, 0.3) is 5.56 Å². The molecule has 1 aromatic carbocycles. The molecule has 0 amide bonds. The Morgan fingerprint density at radius 1 is 1.27 bits per heavy atom. The van der Waals surface area contributed by atoms with Crippen LogP contribution < -0.4 is 5.56 Å². The first-order valence-electron chi connectivity index (χ1n) is 7.50. The number of halogens is 3. The number of thiophene rings is 1. The van der Waals surface area contributed by atoms with Crippen LogP contribution in [0.4, 0.5) is 13.2 Å². The van der Waals surface area contributed by atoms with Gasteiger partial charge in [-0.2, -0.15) is 18.4 Å². The maximum absolute atomic E-state index is 12.6. The van der Waals surface area contributed by atoms with Crippen LogP contribution in [-0.2, 0) is 6.18 Å². The van der Waals surface area contributed by atoms with Gasteiger partial charge in [-0.1, -0.05) is 12.1 Å². The number of allylic oxidation sites excluding steroid dienone is 1. The Morgan fingerprint density at radius 3 is 2.50 bits per heavy atom. The predicted octanol–water partition coefficient (Wildman–Crippen LogP) is 4.68. The molecule has 0 fully saturated rings. The number of hydrogen-bond acceptors (Lipinski definition) is 4.